The van der Waals surface area contributed by atoms with Crippen molar-refractivity contribution >= 4 is 5.91 Å². The van der Waals surface area contributed by atoms with Crippen molar-refractivity contribution in [3.63, 3.8) is 0 Å². The summed E-state index contributed by atoms with van der Waals surface area (Å²) in [5.41, 5.74) is 6.66. The van der Waals surface area contributed by atoms with Crippen molar-refractivity contribution in [3.8, 4) is 23.0 Å². The van der Waals surface area contributed by atoms with E-state index in [1.807, 2.05) is 12.1 Å². The van der Waals surface area contributed by atoms with E-state index in [9.17, 15) is 25.2 Å². The number of phenols is 4. The number of amides is 1. The van der Waals surface area contributed by atoms with Crippen LogP contribution in [0.15, 0.2) is 36.4 Å². The highest BCUT2D eigenvalue weighted by molar-refractivity contribution is 5.75. The molecule has 0 heterocycles. The summed E-state index contributed by atoms with van der Waals surface area (Å²) in [6, 6.07) is 9.70. The first-order valence-electron chi connectivity index (χ1n) is 7.99. The standard InChI is InChI=1S/C18H22N2O5/c21-14-8-5-12(6-9-14)3-1-2-4-16(23)20-19-11-13-7-10-15(22)18(25)17(13)24/h5-10,19,21-22,24-25H,1-4,11H2,(H,20,23). The van der Waals surface area contributed by atoms with E-state index < -0.39 is 17.2 Å². The number of unbranched alkanes of at least 4 members (excludes halogenated alkanes) is 1. The van der Waals surface area contributed by atoms with Gasteiger partial charge in [-0.1, -0.05) is 18.2 Å². The minimum atomic E-state index is -0.583. The number of carbonyl (C=O) groups is 1. The molecule has 2 aromatic rings. The molecule has 0 saturated heterocycles. The van der Waals surface area contributed by atoms with E-state index in [0.717, 1.165) is 24.8 Å². The van der Waals surface area contributed by atoms with Crippen molar-refractivity contribution < 1.29 is 25.2 Å². The van der Waals surface area contributed by atoms with Gasteiger partial charge < -0.3 is 20.4 Å². The van der Waals surface area contributed by atoms with Crippen LogP contribution < -0.4 is 10.9 Å². The van der Waals surface area contributed by atoms with Gasteiger partial charge in [0.05, 0.1) is 0 Å². The van der Waals surface area contributed by atoms with Gasteiger partial charge in [0, 0.05) is 18.5 Å². The van der Waals surface area contributed by atoms with Crippen molar-refractivity contribution in [2.75, 3.05) is 0 Å². The summed E-state index contributed by atoms with van der Waals surface area (Å²) in [4.78, 5) is 11.7. The Morgan fingerprint density at radius 1 is 0.880 bits per heavy atom. The molecular weight excluding hydrogens is 324 g/mol. The van der Waals surface area contributed by atoms with Crippen LogP contribution >= 0.6 is 0 Å². The molecule has 0 unspecified atom stereocenters. The molecule has 2 rings (SSSR count). The van der Waals surface area contributed by atoms with Crippen molar-refractivity contribution in [2.45, 2.75) is 32.2 Å². The van der Waals surface area contributed by atoms with Crippen LogP contribution in [0.25, 0.3) is 0 Å². The van der Waals surface area contributed by atoms with Crippen molar-refractivity contribution in [1.29, 1.82) is 0 Å². The van der Waals surface area contributed by atoms with E-state index in [-0.39, 0.29) is 18.2 Å². The highest BCUT2D eigenvalue weighted by Crippen LogP contribution is 2.36. The summed E-state index contributed by atoms with van der Waals surface area (Å²) in [7, 11) is 0. The van der Waals surface area contributed by atoms with Gasteiger partial charge in [0.2, 0.25) is 11.7 Å². The zero-order chi connectivity index (χ0) is 18.2. The lowest BCUT2D eigenvalue weighted by atomic mass is 10.1. The van der Waals surface area contributed by atoms with E-state index in [1.54, 1.807) is 12.1 Å². The second-order valence-corrected chi connectivity index (χ2v) is 5.72. The summed E-state index contributed by atoms with van der Waals surface area (Å²) in [6.07, 6.45) is 2.77. The first kappa shape index (κ1) is 18.4. The lowest BCUT2D eigenvalue weighted by molar-refractivity contribution is -0.122. The van der Waals surface area contributed by atoms with Crippen molar-refractivity contribution in [3.05, 3.63) is 47.5 Å². The molecule has 0 bridgehead atoms. The molecule has 0 radical (unpaired) electrons. The van der Waals surface area contributed by atoms with Crippen molar-refractivity contribution in [2.24, 2.45) is 0 Å². The molecule has 0 aliphatic heterocycles. The first-order chi connectivity index (χ1) is 12.0. The molecule has 134 valence electrons. The van der Waals surface area contributed by atoms with Gasteiger partial charge in [-0.05, 0) is 43.0 Å². The van der Waals surface area contributed by atoms with Crippen LogP contribution in [0, 0.1) is 0 Å². The molecule has 6 N–H and O–H groups in total. The van der Waals surface area contributed by atoms with E-state index in [0.29, 0.717) is 12.0 Å². The third-order valence-corrected chi connectivity index (χ3v) is 3.78. The van der Waals surface area contributed by atoms with Crippen LogP contribution in [0.2, 0.25) is 0 Å². The van der Waals surface area contributed by atoms with Gasteiger partial charge in [0.15, 0.2) is 11.5 Å². The minimum Gasteiger partial charge on any atom is -0.508 e. The van der Waals surface area contributed by atoms with E-state index in [1.165, 1.54) is 12.1 Å². The van der Waals surface area contributed by atoms with E-state index in [2.05, 4.69) is 10.9 Å². The smallest absolute Gasteiger partial charge is 0.234 e. The van der Waals surface area contributed by atoms with Crippen LogP contribution in [0.4, 0.5) is 0 Å². The Kier molecular flexibility index (Phi) is 6.47. The molecule has 25 heavy (non-hydrogen) atoms. The summed E-state index contributed by atoms with van der Waals surface area (Å²) in [5, 5.41) is 37.5. The van der Waals surface area contributed by atoms with Gasteiger partial charge in [0.1, 0.15) is 5.75 Å². The zero-order valence-electron chi connectivity index (χ0n) is 13.7. The fourth-order valence-corrected chi connectivity index (χ4v) is 2.33. The third kappa shape index (κ3) is 5.58. The summed E-state index contributed by atoms with van der Waals surface area (Å²) in [6.45, 7) is 0.110. The van der Waals surface area contributed by atoms with Gasteiger partial charge in [-0.2, -0.15) is 0 Å². The Morgan fingerprint density at radius 2 is 1.60 bits per heavy atom. The summed E-state index contributed by atoms with van der Waals surface area (Å²) < 4.78 is 0. The quantitative estimate of drug-likeness (QED) is 0.247. The molecule has 1 amide bonds. The number of phenolic OH excluding ortho intramolecular Hbond substituents is 4. The maximum absolute atomic E-state index is 11.7. The number of hydrazine groups is 1. The number of carbonyl (C=O) groups excluding carboxylic acids is 1. The maximum atomic E-state index is 11.7. The summed E-state index contributed by atoms with van der Waals surface area (Å²) >= 11 is 0. The molecule has 0 aliphatic rings. The van der Waals surface area contributed by atoms with E-state index in [4.69, 9.17) is 0 Å². The van der Waals surface area contributed by atoms with Gasteiger partial charge in [-0.15, -0.1) is 0 Å². The Labute approximate surface area is 145 Å². The molecule has 0 spiro atoms. The van der Waals surface area contributed by atoms with Gasteiger partial charge >= 0.3 is 0 Å². The summed E-state index contributed by atoms with van der Waals surface area (Å²) in [5.74, 6) is -1.34. The molecule has 0 saturated carbocycles. The van der Waals surface area contributed by atoms with E-state index >= 15 is 0 Å². The average molecular weight is 346 g/mol. The van der Waals surface area contributed by atoms with Crippen LogP contribution in [-0.4, -0.2) is 26.3 Å². The molecule has 0 fully saturated rings. The van der Waals surface area contributed by atoms with Gasteiger partial charge in [-0.25, -0.2) is 5.43 Å². The Hall–Kier alpha value is -2.93. The number of hydrogen-bond donors (Lipinski definition) is 6. The minimum absolute atomic E-state index is 0.110. The zero-order valence-corrected chi connectivity index (χ0v) is 13.7. The number of benzene rings is 2. The van der Waals surface area contributed by atoms with Crippen molar-refractivity contribution in [1.82, 2.24) is 10.9 Å². The molecule has 7 nitrogen and oxygen atoms in total. The van der Waals surface area contributed by atoms with Crippen LogP contribution in [0.1, 0.15) is 30.4 Å². The number of aromatic hydroxyl groups is 4. The monoisotopic (exact) mass is 346 g/mol. The molecule has 0 aromatic heterocycles. The van der Waals surface area contributed by atoms with Gasteiger partial charge in [0.25, 0.3) is 0 Å². The normalized spacial score (nSPS) is 10.6. The Balaban J connectivity index is 1.64. The Bertz CT molecular complexity index is 716. The Morgan fingerprint density at radius 3 is 2.32 bits per heavy atom. The molecular formula is C18H22N2O5. The largest absolute Gasteiger partial charge is 0.508 e. The molecule has 2 aromatic carbocycles. The second-order valence-electron chi connectivity index (χ2n) is 5.72. The number of rotatable bonds is 8. The van der Waals surface area contributed by atoms with Crippen LogP contribution in [-0.2, 0) is 17.8 Å². The fraction of sp³-hybridized carbons (Fsp3) is 0.278. The highest BCUT2D eigenvalue weighted by atomic mass is 16.3. The maximum Gasteiger partial charge on any atom is 0.234 e. The molecule has 0 aliphatic carbocycles. The van der Waals surface area contributed by atoms with Crippen LogP contribution in [0.5, 0.6) is 23.0 Å². The lowest BCUT2D eigenvalue weighted by Gasteiger charge is -2.10. The lowest BCUT2D eigenvalue weighted by Crippen LogP contribution is -2.36. The fourth-order valence-electron chi connectivity index (χ4n) is 2.33. The van der Waals surface area contributed by atoms with Gasteiger partial charge in [-0.3, -0.25) is 10.2 Å². The number of nitrogens with one attached hydrogen (secondary N) is 2. The number of hydrogen-bond acceptors (Lipinski definition) is 6. The topological polar surface area (TPSA) is 122 Å². The first-order valence-corrected chi connectivity index (χ1v) is 7.99. The predicted octanol–water partition coefficient (Wildman–Crippen LogP) is 2.04. The SMILES string of the molecule is O=C(CCCCc1ccc(O)cc1)NNCc1ccc(O)c(O)c1O. The second kappa shape index (κ2) is 8.79. The highest BCUT2D eigenvalue weighted by Gasteiger charge is 2.10. The molecule has 0 atom stereocenters. The molecule has 7 heteroatoms. The average Bonchev–Trinajstić information content (AvgIpc) is 2.60. The third-order valence-electron chi connectivity index (χ3n) is 3.78. The number of aryl methyl sites for hydroxylation is 1. The van der Waals surface area contributed by atoms with Crippen LogP contribution in [0.3, 0.4) is 0 Å². The predicted molar refractivity (Wildman–Crippen MR) is 92.1 cm³/mol.